The number of likely N-dealkylation sites (tertiary alicyclic amines) is 1. The second-order valence-corrected chi connectivity index (χ2v) is 15.3. The van der Waals surface area contributed by atoms with Gasteiger partial charge in [-0.25, -0.2) is 0 Å². The van der Waals surface area contributed by atoms with E-state index in [-0.39, 0.29) is 34.4 Å². The largest absolute Gasteiger partial charge is 0.394 e. The van der Waals surface area contributed by atoms with E-state index in [1.807, 2.05) is 42.2 Å². The quantitative estimate of drug-likeness (QED) is 0.222. The van der Waals surface area contributed by atoms with Crippen molar-refractivity contribution >= 4 is 45.4 Å². The van der Waals surface area contributed by atoms with Gasteiger partial charge in [0.05, 0.1) is 42.4 Å². The number of alkyl halides is 1. The molecule has 45 heavy (non-hydrogen) atoms. The highest BCUT2D eigenvalue weighted by Crippen LogP contribution is 2.68. The molecule has 4 heterocycles. The van der Waals surface area contributed by atoms with Crippen molar-refractivity contribution in [3.8, 4) is 0 Å². The van der Waals surface area contributed by atoms with Gasteiger partial charge in [0.25, 0.3) is 0 Å². The highest BCUT2D eigenvalue weighted by molar-refractivity contribution is 9.09. The lowest BCUT2D eigenvalue weighted by Crippen LogP contribution is -2.59. The molecule has 0 radical (unpaired) electrons. The lowest BCUT2D eigenvalue weighted by atomic mass is 9.70. The van der Waals surface area contributed by atoms with Crippen molar-refractivity contribution in [1.29, 1.82) is 0 Å². The van der Waals surface area contributed by atoms with Crippen LogP contribution in [0.2, 0.25) is 0 Å². The van der Waals surface area contributed by atoms with E-state index in [0.717, 1.165) is 25.1 Å². The van der Waals surface area contributed by atoms with Crippen LogP contribution >= 0.6 is 27.7 Å². The highest BCUT2D eigenvalue weighted by Gasteiger charge is 2.76. The fourth-order valence-electron chi connectivity index (χ4n) is 7.79. The van der Waals surface area contributed by atoms with E-state index in [0.29, 0.717) is 58.8 Å². The van der Waals surface area contributed by atoms with Crippen molar-refractivity contribution in [3.05, 3.63) is 61.2 Å². The van der Waals surface area contributed by atoms with Gasteiger partial charge in [-0.2, -0.15) is 0 Å². The van der Waals surface area contributed by atoms with E-state index in [9.17, 15) is 19.5 Å². The highest BCUT2D eigenvalue weighted by atomic mass is 79.9. The summed E-state index contributed by atoms with van der Waals surface area (Å²) < 4.78 is 4.72. The number of hydrogen-bond donors (Lipinski definition) is 1. The number of thioether (sulfide) groups is 1. The van der Waals surface area contributed by atoms with Crippen LogP contribution in [0.1, 0.15) is 25.3 Å². The summed E-state index contributed by atoms with van der Waals surface area (Å²) in [7, 11) is 0. The number of fused-ring (bicyclic) bond motifs is 1. The minimum Gasteiger partial charge on any atom is -0.394 e. The molecular weight excluding hydrogens is 656 g/mol. The second-order valence-electron chi connectivity index (χ2n) is 12.5. The lowest BCUT2D eigenvalue weighted by Gasteiger charge is -2.40. The monoisotopic (exact) mass is 702 g/mol. The zero-order valence-electron chi connectivity index (χ0n) is 26.3. The number of hydrogen-bond acceptors (Lipinski definition) is 7. The predicted octanol–water partition coefficient (Wildman–Crippen LogP) is 2.83. The Kier molecular flexibility index (Phi) is 11.5. The molecule has 4 fully saturated rings. The van der Waals surface area contributed by atoms with Crippen LogP contribution in [0.3, 0.4) is 0 Å². The van der Waals surface area contributed by atoms with Crippen molar-refractivity contribution in [2.24, 2.45) is 11.8 Å². The van der Waals surface area contributed by atoms with E-state index >= 15 is 0 Å². The summed E-state index contributed by atoms with van der Waals surface area (Å²) >= 11 is 5.53. The van der Waals surface area contributed by atoms with Gasteiger partial charge in [0.15, 0.2) is 0 Å². The summed E-state index contributed by atoms with van der Waals surface area (Å²) in [6, 6.07) is 8.34. The molecule has 3 amide bonds. The van der Waals surface area contributed by atoms with Crippen molar-refractivity contribution in [3.63, 3.8) is 0 Å². The van der Waals surface area contributed by atoms with Crippen LogP contribution in [-0.4, -0.2) is 135 Å². The first-order valence-corrected chi connectivity index (χ1v) is 18.0. The molecule has 5 rings (SSSR count). The van der Waals surface area contributed by atoms with Crippen LogP contribution in [0.5, 0.6) is 0 Å². The van der Waals surface area contributed by atoms with Crippen LogP contribution in [0.4, 0.5) is 0 Å². The second kappa shape index (κ2) is 15.2. The minimum atomic E-state index is -0.813. The molecule has 4 aliphatic rings. The Morgan fingerprint density at radius 2 is 1.80 bits per heavy atom. The third-order valence-electron chi connectivity index (χ3n) is 9.77. The maximum atomic E-state index is 14.9. The Morgan fingerprint density at radius 3 is 2.42 bits per heavy atom. The van der Waals surface area contributed by atoms with Crippen LogP contribution in [0.15, 0.2) is 55.6 Å². The number of benzene rings is 1. The minimum absolute atomic E-state index is 0.0224. The Labute approximate surface area is 280 Å². The smallest absolute Gasteiger partial charge is 0.247 e. The van der Waals surface area contributed by atoms with Gasteiger partial charge in [-0.1, -0.05) is 65.3 Å². The van der Waals surface area contributed by atoms with Crippen LogP contribution in [0.25, 0.3) is 0 Å². The van der Waals surface area contributed by atoms with Gasteiger partial charge in [-0.3, -0.25) is 19.3 Å². The SMILES string of the molecule is C=CCN(CCN1CCOCC1)C(=O)C1N([C@@H](CO)Cc2ccccc2)C(=O)[C@@H]2[C@@H](C(=O)N(CC=C)CCC)[C@@H]3SC12CC3Br. The van der Waals surface area contributed by atoms with Gasteiger partial charge in [-0.15, -0.1) is 24.9 Å². The molecule has 0 aliphatic carbocycles. The Morgan fingerprint density at radius 1 is 1.13 bits per heavy atom. The number of morpholine rings is 1. The van der Waals surface area contributed by atoms with E-state index in [4.69, 9.17) is 4.74 Å². The van der Waals surface area contributed by atoms with Crippen molar-refractivity contribution in [1.82, 2.24) is 19.6 Å². The summed E-state index contributed by atoms with van der Waals surface area (Å²) in [5, 5.41) is 10.7. The topological polar surface area (TPSA) is 93.6 Å². The zero-order valence-corrected chi connectivity index (χ0v) is 28.7. The van der Waals surface area contributed by atoms with E-state index in [2.05, 4.69) is 34.0 Å². The average Bonchev–Trinajstić information content (AvgIpc) is 3.65. The summed E-state index contributed by atoms with van der Waals surface area (Å²) in [4.78, 5) is 51.5. The molecular formula is C34H47BrN4O5S. The summed E-state index contributed by atoms with van der Waals surface area (Å²) in [5.74, 6) is -1.60. The van der Waals surface area contributed by atoms with Gasteiger partial charge in [0.1, 0.15) is 6.04 Å². The van der Waals surface area contributed by atoms with E-state index in [1.165, 1.54) is 0 Å². The number of carbonyl (C=O) groups is 3. The lowest BCUT2D eigenvalue weighted by molar-refractivity contribution is -0.147. The summed E-state index contributed by atoms with van der Waals surface area (Å²) in [6.07, 6.45) is 5.26. The molecule has 3 unspecified atom stereocenters. The number of amides is 3. The van der Waals surface area contributed by atoms with Gasteiger partial charge in [0, 0.05) is 55.9 Å². The molecule has 4 saturated heterocycles. The zero-order chi connectivity index (χ0) is 32.1. The first-order valence-electron chi connectivity index (χ1n) is 16.2. The molecule has 7 atom stereocenters. The number of nitrogens with zero attached hydrogens (tertiary/aromatic N) is 4. The van der Waals surface area contributed by atoms with Gasteiger partial charge < -0.3 is 24.5 Å². The summed E-state index contributed by atoms with van der Waals surface area (Å²) in [5.41, 5.74) is 0.975. The first kappa shape index (κ1) is 34.2. The van der Waals surface area contributed by atoms with Crippen molar-refractivity contribution in [2.45, 2.75) is 53.1 Å². The molecule has 2 bridgehead atoms. The van der Waals surface area contributed by atoms with E-state index in [1.54, 1.807) is 33.7 Å². The molecule has 1 N–H and O–H groups in total. The molecule has 0 saturated carbocycles. The number of aliphatic hydroxyl groups excluding tert-OH is 1. The standard InChI is InChI=1S/C34H47BrN4O5S/c1-4-12-37(13-5-2)31(41)27-28-32(42)39(25(23-40)21-24-10-8-7-9-11-24)30(34(28)22-26(35)29(27)45-34)33(43)38(14-6-3)16-15-36-17-19-44-20-18-36/h4,6-11,25-30,40H,1,3,5,12-23H2,2H3/t25-,26?,27-,28+,29-,30?,34?/m1/s1. The molecule has 1 aromatic rings. The van der Waals surface area contributed by atoms with Crippen molar-refractivity contribution in [2.75, 3.05) is 65.6 Å². The molecule has 0 aromatic heterocycles. The maximum absolute atomic E-state index is 14.9. The number of carbonyl (C=O) groups excluding carboxylic acids is 3. The fourth-order valence-corrected chi connectivity index (χ4v) is 11.4. The normalized spacial score (nSPS) is 29.8. The molecule has 1 aromatic carbocycles. The predicted molar refractivity (Wildman–Crippen MR) is 181 cm³/mol. The molecule has 246 valence electrons. The molecule has 1 spiro atoms. The van der Waals surface area contributed by atoms with Gasteiger partial charge >= 0.3 is 0 Å². The Balaban J connectivity index is 1.54. The molecule has 11 heteroatoms. The van der Waals surface area contributed by atoms with Crippen LogP contribution in [-0.2, 0) is 25.5 Å². The number of halogens is 1. The maximum Gasteiger partial charge on any atom is 0.247 e. The average molecular weight is 704 g/mol. The number of aliphatic hydroxyl groups is 1. The fraction of sp³-hybridized carbons (Fsp3) is 0.618. The Bertz CT molecular complexity index is 1230. The van der Waals surface area contributed by atoms with E-state index < -0.39 is 28.7 Å². The van der Waals surface area contributed by atoms with Crippen molar-refractivity contribution < 1.29 is 24.2 Å². The van der Waals surface area contributed by atoms with Crippen LogP contribution in [0, 0.1) is 11.8 Å². The molecule has 4 aliphatic heterocycles. The summed E-state index contributed by atoms with van der Waals surface area (Å²) in [6.45, 7) is 15.0. The number of rotatable bonds is 15. The third-order valence-corrected chi connectivity index (χ3v) is 13.0. The Hall–Kier alpha value is -2.18. The molecule has 9 nitrogen and oxygen atoms in total. The van der Waals surface area contributed by atoms with Crippen LogP contribution < -0.4 is 0 Å². The first-order chi connectivity index (χ1) is 21.8. The van der Waals surface area contributed by atoms with Gasteiger partial charge in [-0.05, 0) is 24.8 Å². The third kappa shape index (κ3) is 6.66. The number of ether oxygens (including phenoxy) is 1. The van der Waals surface area contributed by atoms with Gasteiger partial charge in [0.2, 0.25) is 17.7 Å².